The van der Waals surface area contributed by atoms with E-state index < -0.39 is 44.1 Å². The first-order chi connectivity index (χ1) is 25.0. The fourth-order valence-electron chi connectivity index (χ4n) is 11.6. The van der Waals surface area contributed by atoms with Crippen LogP contribution in [0.3, 0.4) is 0 Å². The van der Waals surface area contributed by atoms with Crippen molar-refractivity contribution in [2.75, 3.05) is 26.4 Å². The van der Waals surface area contributed by atoms with Gasteiger partial charge >= 0.3 is 33.3 Å². The summed E-state index contributed by atoms with van der Waals surface area (Å²) in [6, 6.07) is 0. The van der Waals surface area contributed by atoms with E-state index >= 15 is 0 Å². The average molecular weight is 771 g/mol. The summed E-state index contributed by atoms with van der Waals surface area (Å²) in [6.07, 6.45) is 13.4. The molecule has 7 aliphatic rings. The lowest BCUT2D eigenvalue weighted by Gasteiger charge is -2.50. The number of allylic oxidation sites excluding steroid dienone is 2. The lowest BCUT2D eigenvalue weighted by Crippen LogP contribution is -2.55. The molecule has 14 heteroatoms. The van der Waals surface area contributed by atoms with Crippen LogP contribution in [0, 0.1) is 52.3 Å². The van der Waals surface area contributed by atoms with E-state index in [9.17, 15) is 31.6 Å². The summed E-state index contributed by atoms with van der Waals surface area (Å²) in [4.78, 5) is 39.9. The van der Waals surface area contributed by atoms with Gasteiger partial charge in [-0.1, -0.05) is 44.8 Å². The van der Waals surface area contributed by atoms with Gasteiger partial charge in [-0.25, -0.2) is 4.79 Å². The highest BCUT2D eigenvalue weighted by molar-refractivity contribution is 7.87. The summed E-state index contributed by atoms with van der Waals surface area (Å²) in [5.41, 5.74) is -1.53. The van der Waals surface area contributed by atoms with Gasteiger partial charge in [0.15, 0.2) is 6.29 Å². The zero-order valence-electron chi connectivity index (χ0n) is 31.0. The minimum Gasteiger partial charge on any atom is -0.465 e. The Morgan fingerprint density at radius 1 is 0.887 bits per heavy atom. The van der Waals surface area contributed by atoms with Gasteiger partial charge in [0, 0.05) is 5.92 Å². The summed E-state index contributed by atoms with van der Waals surface area (Å²) in [5, 5.41) is -5.09. The predicted octanol–water partition coefficient (Wildman–Crippen LogP) is 6.78. The van der Waals surface area contributed by atoms with E-state index in [1.165, 1.54) is 5.57 Å². The van der Waals surface area contributed by atoms with Crippen molar-refractivity contribution in [1.82, 2.24) is 0 Å². The van der Waals surface area contributed by atoms with Crippen LogP contribution in [0.1, 0.15) is 117 Å². The molecule has 5 saturated carbocycles. The lowest BCUT2D eigenvalue weighted by molar-refractivity contribution is -0.279. The van der Waals surface area contributed by atoms with Gasteiger partial charge in [-0.3, -0.25) is 14.1 Å². The standard InChI is InChI=1S/C39H56F2O11S/c1-24-9-28-12-29(10-24)15-30(14-28)32(42)48-20-36(23-51-34(43)37-7-3-5-26(17-37)11-25(2)16-37)21-49-33(50-22-36)31-13-27-6-4-8-38(18-27,19-31)52-35(44)39(40,41)53(45,46)47/h9,24-27,29-31,33H,3-8,10-23H2,1-2H3,(H,45,46,47). The van der Waals surface area contributed by atoms with Crippen molar-refractivity contribution in [2.45, 2.75) is 134 Å². The number of esters is 3. The minimum atomic E-state index is -6.01. The van der Waals surface area contributed by atoms with Gasteiger partial charge in [0.1, 0.15) is 18.8 Å². The fraction of sp³-hybridized carbons (Fsp3) is 0.872. The number of fused-ring (bicyclic) bond motifs is 6. The van der Waals surface area contributed by atoms with Crippen LogP contribution in [0.15, 0.2) is 11.6 Å². The van der Waals surface area contributed by atoms with Crippen molar-refractivity contribution >= 4 is 28.0 Å². The van der Waals surface area contributed by atoms with Crippen LogP contribution in [0.2, 0.25) is 0 Å². The third kappa shape index (κ3) is 8.21. The lowest BCUT2D eigenvalue weighted by atomic mass is 9.59. The summed E-state index contributed by atoms with van der Waals surface area (Å²) < 4.78 is 90.2. The molecular weight excluding hydrogens is 714 g/mol. The van der Waals surface area contributed by atoms with Crippen molar-refractivity contribution in [2.24, 2.45) is 52.3 Å². The van der Waals surface area contributed by atoms with Crippen molar-refractivity contribution in [3.8, 4) is 0 Å². The Balaban J connectivity index is 1.04. The van der Waals surface area contributed by atoms with Crippen LogP contribution in [0.4, 0.5) is 8.78 Å². The van der Waals surface area contributed by atoms with Crippen LogP contribution in [-0.4, -0.2) is 74.5 Å². The van der Waals surface area contributed by atoms with E-state index in [0.29, 0.717) is 49.4 Å². The summed E-state index contributed by atoms with van der Waals surface area (Å²) in [6.45, 7) is 4.39. The third-order valence-corrected chi connectivity index (χ3v) is 14.5. The molecule has 0 spiro atoms. The number of halogens is 2. The summed E-state index contributed by atoms with van der Waals surface area (Å²) >= 11 is 0. The van der Waals surface area contributed by atoms with Gasteiger partial charge in [0.2, 0.25) is 0 Å². The van der Waals surface area contributed by atoms with E-state index in [4.69, 9.17) is 28.2 Å². The van der Waals surface area contributed by atoms with E-state index in [1.807, 2.05) is 0 Å². The second-order valence-electron chi connectivity index (χ2n) is 18.4. The second kappa shape index (κ2) is 14.7. The molecule has 9 unspecified atom stereocenters. The molecular formula is C39H56F2O11S. The Morgan fingerprint density at radius 2 is 1.58 bits per heavy atom. The molecule has 9 atom stereocenters. The fourth-order valence-corrected chi connectivity index (χ4v) is 11.9. The predicted molar refractivity (Wildman–Crippen MR) is 186 cm³/mol. The minimum absolute atomic E-state index is 0.00000122. The molecule has 53 heavy (non-hydrogen) atoms. The number of hydrogen-bond donors (Lipinski definition) is 1. The van der Waals surface area contributed by atoms with E-state index in [2.05, 4.69) is 19.9 Å². The van der Waals surface area contributed by atoms with Crippen molar-refractivity contribution < 1.29 is 59.8 Å². The van der Waals surface area contributed by atoms with Crippen molar-refractivity contribution in [1.29, 1.82) is 0 Å². The third-order valence-electron chi connectivity index (χ3n) is 13.7. The highest BCUT2D eigenvalue weighted by Gasteiger charge is 2.59. The molecule has 6 aliphatic carbocycles. The topological polar surface area (TPSA) is 152 Å². The Hall–Kier alpha value is -2.16. The van der Waals surface area contributed by atoms with Crippen LogP contribution < -0.4 is 0 Å². The molecule has 0 amide bonds. The van der Waals surface area contributed by atoms with Gasteiger partial charge in [0.25, 0.3) is 0 Å². The average Bonchev–Trinajstić information content (AvgIpc) is 3.08. The SMILES string of the molecule is CC1C=C2CC(C1)CC(C(=O)OCC1(COC(=O)C34CCCC(CC(C)C3)C4)COC(C3CC4CCCC(OC(=O)C(F)(F)S(=O)(=O)O)(C4)C3)OC1)C2. The van der Waals surface area contributed by atoms with Crippen molar-refractivity contribution in [3.05, 3.63) is 11.6 Å². The highest BCUT2D eigenvalue weighted by Crippen LogP contribution is 2.53. The van der Waals surface area contributed by atoms with Crippen LogP contribution >= 0.6 is 0 Å². The molecule has 6 bridgehead atoms. The van der Waals surface area contributed by atoms with Gasteiger partial charge in [-0.2, -0.15) is 17.2 Å². The van der Waals surface area contributed by atoms with Gasteiger partial charge in [0.05, 0.1) is 30.0 Å². The smallest absolute Gasteiger partial charge is 0.465 e. The molecule has 6 fully saturated rings. The second-order valence-corrected chi connectivity index (χ2v) is 19.9. The maximum Gasteiger partial charge on any atom is 0.465 e. The molecule has 0 aromatic carbocycles. The van der Waals surface area contributed by atoms with Crippen LogP contribution in [0.25, 0.3) is 0 Å². The van der Waals surface area contributed by atoms with E-state index in [1.54, 1.807) is 0 Å². The highest BCUT2D eigenvalue weighted by atomic mass is 32.2. The van der Waals surface area contributed by atoms with Gasteiger partial charge in [-0.15, -0.1) is 0 Å². The number of alkyl halides is 2. The quantitative estimate of drug-likeness (QED) is 0.108. The molecule has 298 valence electrons. The number of carbonyl (C=O) groups is 3. The molecule has 7 rings (SSSR count). The van der Waals surface area contributed by atoms with Gasteiger partial charge < -0.3 is 23.7 Å². The number of ether oxygens (including phenoxy) is 5. The Morgan fingerprint density at radius 3 is 2.30 bits per heavy atom. The van der Waals surface area contributed by atoms with Crippen molar-refractivity contribution in [3.63, 3.8) is 0 Å². The van der Waals surface area contributed by atoms with Crippen LogP contribution in [-0.2, 0) is 48.2 Å². The summed E-state index contributed by atoms with van der Waals surface area (Å²) in [5.74, 6) is -1.47. The first kappa shape index (κ1) is 39.1. The molecule has 1 saturated heterocycles. The number of rotatable bonds is 10. The van der Waals surface area contributed by atoms with Gasteiger partial charge in [-0.05, 0) is 113 Å². The largest absolute Gasteiger partial charge is 0.465 e. The number of carbonyl (C=O) groups excluding carboxylic acids is 3. The molecule has 1 aliphatic heterocycles. The molecule has 0 radical (unpaired) electrons. The van der Waals surface area contributed by atoms with E-state index in [0.717, 1.165) is 64.2 Å². The molecule has 0 aromatic rings. The van der Waals surface area contributed by atoms with Crippen LogP contribution in [0.5, 0.6) is 0 Å². The Labute approximate surface area is 311 Å². The maximum absolute atomic E-state index is 14.3. The first-order valence-corrected chi connectivity index (χ1v) is 21.3. The Kier molecular flexibility index (Phi) is 10.9. The first-order valence-electron chi connectivity index (χ1n) is 19.8. The van der Waals surface area contributed by atoms with E-state index in [-0.39, 0.29) is 69.0 Å². The molecule has 1 heterocycles. The Bertz CT molecular complexity index is 1550. The monoisotopic (exact) mass is 770 g/mol. The summed E-state index contributed by atoms with van der Waals surface area (Å²) in [7, 11) is -6.01. The molecule has 1 N–H and O–H groups in total. The molecule has 11 nitrogen and oxygen atoms in total. The zero-order chi connectivity index (χ0) is 37.8. The molecule has 0 aromatic heterocycles. The zero-order valence-corrected chi connectivity index (χ0v) is 31.8. The number of hydrogen-bond acceptors (Lipinski definition) is 10. The normalized spacial score (nSPS) is 41.4. The maximum atomic E-state index is 14.3.